The van der Waals surface area contributed by atoms with Gasteiger partial charge in [-0.05, 0) is 37.1 Å². The Bertz CT molecular complexity index is 1010. The van der Waals surface area contributed by atoms with Crippen molar-refractivity contribution < 1.29 is 23.2 Å². The Morgan fingerprint density at radius 1 is 1.07 bits per heavy atom. The van der Waals surface area contributed by atoms with Crippen molar-refractivity contribution in [2.45, 2.75) is 23.0 Å². The predicted molar refractivity (Wildman–Crippen MR) is 109 cm³/mol. The summed E-state index contributed by atoms with van der Waals surface area (Å²) in [7, 11) is 0. The van der Waals surface area contributed by atoms with Crippen LogP contribution in [0.4, 0.5) is 20.2 Å². The van der Waals surface area contributed by atoms with Gasteiger partial charge in [-0.3, -0.25) is 14.4 Å². The first-order valence-electron chi connectivity index (χ1n) is 9.55. The average molecular weight is 431 g/mol. The molecule has 156 valence electrons. The molecular weight excluding hydrogens is 412 g/mol. The quantitative estimate of drug-likeness (QED) is 0.756. The zero-order valence-electron chi connectivity index (χ0n) is 15.9. The van der Waals surface area contributed by atoms with Crippen molar-refractivity contribution in [1.82, 2.24) is 4.90 Å². The molecule has 0 unspecified atom stereocenters. The fourth-order valence-electron chi connectivity index (χ4n) is 3.56. The maximum Gasteiger partial charge on any atom is 0.250 e. The van der Waals surface area contributed by atoms with Gasteiger partial charge in [-0.1, -0.05) is 12.1 Å². The Kier molecular flexibility index (Phi) is 5.72. The number of carbonyl (C=O) groups is 3. The number of halogens is 2. The molecule has 1 saturated heterocycles. The molecule has 9 heteroatoms. The van der Waals surface area contributed by atoms with Crippen molar-refractivity contribution in [3.8, 4) is 0 Å². The van der Waals surface area contributed by atoms with Gasteiger partial charge in [0.25, 0.3) is 5.91 Å². The van der Waals surface area contributed by atoms with E-state index in [-0.39, 0.29) is 18.1 Å². The number of hydrogen-bond donors (Lipinski definition) is 1. The number of fused-ring (bicyclic) bond motifs is 1. The van der Waals surface area contributed by atoms with Crippen LogP contribution >= 0.6 is 11.8 Å². The molecule has 4 rings (SSSR count). The number of likely N-dealkylation sites (tertiary alicyclic amines) is 1. The SMILES string of the molecule is O=C(CN1C(=O)[C@H](C(=O)N2CCCC2)Sc2ccccc21)Nc1ccc(F)c(F)c1. The molecular formula is C21H19F2N3O3S. The second-order valence-electron chi connectivity index (χ2n) is 7.10. The van der Waals surface area contributed by atoms with E-state index in [2.05, 4.69) is 5.32 Å². The minimum absolute atomic E-state index is 0.0794. The van der Waals surface area contributed by atoms with E-state index in [1.54, 1.807) is 29.2 Å². The first-order valence-corrected chi connectivity index (χ1v) is 10.4. The molecule has 6 nitrogen and oxygen atoms in total. The largest absolute Gasteiger partial charge is 0.341 e. The first-order chi connectivity index (χ1) is 14.4. The van der Waals surface area contributed by atoms with Crippen LogP contribution in [-0.4, -0.2) is 47.5 Å². The summed E-state index contributed by atoms with van der Waals surface area (Å²) in [5, 5.41) is 1.52. The predicted octanol–water partition coefficient (Wildman–Crippen LogP) is 3.03. The van der Waals surface area contributed by atoms with Gasteiger partial charge in [-0.2, -0.15) is 0 Å². The van der Waals surface area contributed by atoms with E-state index in [1.807, 2.05) is 0 Å². The van der Waals surface area contributed by atoms with Gasteiger partial charge < -0.3 is 15.1 Å². The summed E-state index contributed by atoms with van der Waals surface area (Å²) in [5.74, 6) is -3.39. The molecule has 2 aliphatic rings. The van der Waals surface area contributed by atoms with Crippen molar-refractivity contribution in [2.24, 2.45) is 0 Å². The maximum absolute atomic E-state index is 13.4. The third kappa shape index (κ3) is 4.02. The van der Waals surface area contributed by atoms with Crippen LogP contribution in [0.5, 0.6) is 0 Å². The Labute approximate surface area is 176 Å². The number of nitrogens with one attached hydrogen (secondary N) is 1. The highest BCUT2D eigenvalue weighted by molar-refractivity contribution is 8.01. The lowest BCUT2D eigenvalue weighted by atomic mass is 10.2. The normalized spacial score (nSPS) is 18.3. The fraction of sp³-hybridized carbons (Fsp3) is 0.286. The topological polar surface area (TPSA) is 69.7 Å². The Morgan fingerprint density at radius 3 is 2.53 bits per heavy atom. The van der Waals surface area contributed by atoms with Gasteiger partial charge in [0.05, 0.1) is 5.69 Å². The minimum Gasteiger partial charge on any atom is -0.341 e. The molecule has 0 spiro atoms. The molecule has 30 heavy (non-hydrogen) atoms. The van der Waals surface area contributed by atoms with Crippen molar-refractivity contribution in [3.05, 3.63) is 54.1 Å². The molecule has 0 aliphatic carbocycles. The van der Waals surface area contributed by atoms with Crippen LogP contribution in [0.25, 0.3) is 0 Å². The number of amides is 3. The van der Waals surface area contributed by atoms with Crippen molar-refractivity contribution in [2.75, 3.05) is 29.9 Å². The lowest BCUT2D eigenvalue weighted by molar-refractivity contribution is -0.134. The molecule has 2 heterocycles. The number of hydrogen-bond acceptors (Lipinski definition) is 4. The van der Waals surface area contributed by atoms with Crippen molar-refractivity contribution in [1.29, 1.82) is 0 Å². The van der Waals surface area contributed by atoms with Crippen LogP contribution in [0.2, 0.25) is 0 Å². The molecule has 2 aromatic rings. The molecule has 2 aliphatic heterocycles. The number of nitrogens with zero attached hydrogens (tertiary/aromatic N) is 2. The van der Waals surface area contributed by atoms with E-state index in [0.717, 1.165) is 29.9 Å². The van der Waals surface area contributed by atoms with Gasteiger partial charge >= 0.3 is 0 Å². The standard InChI is InChI=1S/C21H19F2N3O3S/c22-14-8-7-13(11-15(14)23)24-18(27)12-26-16-5-1-2-6-17(16)30-19(21(26)29)20(28)25-9-3-4-10-25/h1-2,5-8,11,19H,3-4,9-10,12H2,(H,24,27)/t19-/m0/s1. The highest BCUT2D eigenvalue weighted by atomic mass is 32.2. The van der Waals surface area contributed by atoms with Gasteiger partial charge in [0.1, 0.15) is 6.54 Å². The zero-order valence-corrected chi connectivity index (χ0v) is 16.8. The molecule has 1 atom stereocenters. The van der Waals surface area contributed by atoms with Crippen molar-refractivity contribution >= 4 is 40.9 Å². The van der Waals surface area contributed by atoms with Crippen LogP contribution in [0.3, 0.4) is 0 Å². The Morgan fingerprint density at radius 2 is 1.80 bits per heavy atom. The number of carbonyl (C=O) groups excluding carboxylic acids is 3. The van der Waals surface area contributed by atoms with E-state index in [1.165, 1.54) is 22.7 Å². The average Bonchev–Trinajstić information content (AvgIpc) is 3.27. The molecule has 2 aromatic carbocycles. The van der Waals surface area contributed by atoms with E-state index >= 15 is 0 Å². The monoisotopic (exact) mass is 431 g/mol. The van der Waals surface area contributed by atoms with E-state index in [0.29, 0.717) is 18.8 Å². The maximum atomic E-state index is 13.4. The number of para-hydroxylation sites is 1. The minimum atomic E-state index is -1.08. The highest BCUT2D eigenvalue weighted by Crippen LogP contribution is 2.40. The fourth-order valence-corrected chi connectivity index (χ4v) is 4.75. The summed E-state index contributed by atoms with van der Waals surface area (Å²) in [6.07, 6.45) is 1.82. The van der Waals surface area contributed by atoms with Crippen LogP contribution < -0.4 is 10.2 Å². The molecule has 0 bridgehead atoms. The zero-order chi connectivity index (χ0) is 21.3. The van der Waals surface area contributed by atoms with E-state index in [4.69, 9.17) is 0 Å². The highest BCUT2D eigenvalue weighted by Gasteiger charge is 2.41. The summed E-state index contributed by atoms with van der Waals surface area (Å²) >= 11 is 1.19. The van der Waals surface area contributed by atoms with Crippen LogP contribution in [-0.2, 0) is 14.4 Å². The second-order valence-corrected chi connectivity index (χ2v) is 8.25. The Balaban J connectivity index is 1.55. The molecule has 1 fully saturated rings. The smallest absolute Gasteiger partial charge is 0.250 e. The van der Waals surface area contributed by atoms with Gasteiger partial charge in [-0.15, -0.1) is 11.8 Å². The summed E-state index contributed by atoms with van der Waals surface area (Å²) in [5.41, 5.74) is 0.620. The van der Waals surface area contributed by atoms with Gasteiger partial charge in [0, 0.05) is 29.7 Å². The number of anilines is 2. The molecule has 3 amide bonds. The van der Waals surface area contributed by atoms with Crippen LogP contribution in [0.1, 0.15) is 12.8 Å². The van der Waals surface area contributed by atoms with E-state index < -0.39 is 28.7 Å². The van der Waals surface area contributed by atoms with Crippen LogP contribution in [0, 0.1) is 11.6 Å². The number of thioether (sulfide) groups is 1. The first kappa shape index (κ1) is 20.3. The summed E-state index contributed by atoms with van der Waals surface area (Å²) < 4.78 is 26.5. The molecule has 1 N–H and O–H groups in total. The van der Waals surface area contributed by atoms with Gasteiger partial charge in [0.2, 0.25) is 11.8 Å². The van der Waals surface area contributed by atoms with Gasteiger partial charge in [-0.25, -0.2) is 8.78 Å². The summed E-state index contributed by atoms with van der Waals surface area (Å²) in [6.45, 7) is 0.905. The van der Waals surface area contributed by atoms with Gasteiger partial charge in [0.15, 0.2) is 16.9 Å². The summed E-state index contributed by atoms with van der Waals surface area (Å²) in [6, 6.07) is 10.1. The van der Waals surface area contributed by atoms with E-state index in [9.17, 15) is 23.2 Å². The molecule has 0 aromatic heterocycles. The lowest BCUT2D eigenvalue weighted by Gasteiger charge is -2.34. The molecule has 0 saturated carbocycles. The number of benzene rings is 2. The number of rotatable bonds is 4. The molecule has 0 radical (unpaired) electrons. The second kappa shape index (κ2) is 8.43. The third-order valence-corrected chi connectivity index (χ3v) is 6.28. The lowest BCUT2D eigenvalue weighted by Crippen LogP contribution is -2.51. The van der Waals surface area contributed by atoms with Crippen LogP contribution in [0.15, 0.2) is 47.4 Å². The Hall–Kier alpha value is -2.94. The summed E-state index contributed by atoms with van der Waals surface area (Å²) in [4.78, 5) is 42.3. The van der Waals surface area contributed by atoms with Crippen molar-refractivity contribution in [3.63, 3.8) is 0 Å². The third-order valence-electron chi connectivity index (χ3n) is 5.04.